The van der Waals surface area contributed by atoms with Gasteiger partial charge in [-0.3, -0.25) is 19.0 Å². The quantitative estimate of drug-likeness (QED) is 0.579. The van der Waals surface area contributed by atoms with Crippen molar-refractivity contribution in [2.45, 2.75) is 19.0 Å². The first kappa shape index (κ1) is 20.8. The van der Waals surface area contributed by atoms with Crippen LogP contribution in [0.1, 0.15) is 18.0 Å². The van der Waals surface area contributed by atoms with E-state index in [9.17, 15) is 19.5 Å². The number of rotatable bonds is 8. The summed E-state index contributed by atoms with van der Waals surface area (Å²) in [6, 6.07) is 10.9. The second-order valence-electron chi connectivity index (χ2n) is 6.53. The summed E-state index contributed by atoms with van der Waals surface area (Å²) in [5, 5.41) is 12.3. The van der Waals surface area contributed by atoms with Crippen LogP contribution < -0.4 is 20.3 Å². The minimum absolute atomic E-state index is 0.292. The van der Waals surface area contributed by atoms with Gasteiger partial charge < -0.3 is 19.9 Å². The van der Waals surface area contributed by atoms with Crippen molar-refractivity contribution >= 4 is 22.8 Å². The number of aliphatic carboxylic acids is 1. The monoisotopic (exact) mass is 411 g/mol. The van der Waals surface area contributed by atoms with Gasteiger partial charge in [0.25, 0.3) is 5.56 Å². The van der Waals surface area contributed by atoms with Crippen LogP contribution in [0.3, 0.4) is 0 Å². The first-order valence-corrected chi connectivity index (χ1v) is 9.10. The van der Waals surface area contributed by atoms with Gasteiger partial charge in [0.05, 0.1) is 43.9 Å². The molecule has 2 aromatic carbocycles. The van der Waals surface area contributed by atoms with Crippen LogP contribution in [0.2, 0.25) is 0 Å². The molecule has 0 spiro atoms. The van der Waals surface area contributed by atoms with Crippen LogP contribution in [0.5, 0.6) is 11.5 Å². The van der Waals surface area contributed by atoms with Gasteiger partial charge in [-0.2, -0.15) is 0 Å². The van der Waals surface area contributed by atoms with E-state index in [0.29, 0.717) is 28.0 Å². The molecule has 0 unspecified atom stereocenters. The minimum atomic E-state index is -1.08. The van der Waals surface area contributed by atoms with Crippen molar-refractivity contribution < 1.29 is 24.2 Å². The molecule has 0 saturated heterocycles. The molecule has 0 aliphatic carbocycles. The van der Waals surface area contributed by atoms with Gasteiger partial charge >= 0.3 is 5.97 Å². The number of hydrogen-bond donors (Lipinski definition) is 2. The molecule has 9 heteroatoms. The fourth-order valence-electron chi connectivity index (χ4n) is 3.11. The molecule has 3 rings (SSSR count). The zero-order valence-corrected chi connectivity index (χ0v) is 16.5. The van der Waals surface area contributed by atoms with Crippen LogP contribution in [0.15, 0.2) is 53.6 Å². The van der Waals surface area contributed by atoms with Crippen LogP contribution in [-0.4, -0.2) is 40.8 Å². The first-order valence-electron chi connectivity index (χ1n) is 9.10. The Kier molecular flexibility index (Phi) is 6.31. The average molecular weight is 411 g/mol. The largest absolute Gasteiger partial charge is 0.493 e. The van der Waals surface area contributed by atoms with Crippen molar-refractivity contribution in [2.75, 3.05) is 14.2 Å². The van der Waals surface area contributed by atoms with Gasteiger partial charge in [-0.25, -0.2) is 4.98 Å². The number of carboxylic acid groups (broad SMARTS) is 1. The summed E-state index contributed by atoms with van der Waals surface area (Å²) in [7, 11) is 2.95. The number of carbonyl (C=O) groups is 2. The molecule has 30 heavy (non-hydrogen) atoms. The second-order valence-corrected chi connectivity index (χ2v) is 6.53. The van der Waals surface area contributed by atoms with Gasteiger partial charge in [0.15, 0.2) is 11.5 Å². The molecule has 0 bridgehead atoms. The Morgan fingerprint density at radius 1 is 1.13 bits per heavy atom. The number of methoxy groups -OCH3 is 2. The highest BCUT2D eigenvalue weighted by molar-refractivity contribution is 5.79. The van der Waals surface area contributed by atoms with Crippen LogP contribution in [0, 0.1) is 0 Å². The number of ether oxygens (including phenoxy) is 2. The van der Waals surface area contributed by atoms with Crippen LogP contribution >= 0.6 is 0 Å². The van der Waals surface area contributed by atoms with E-state index in [2.05, 4.69) is 10.3 Å². The van der Waals surface area contributed by atoms with Crippen molar-refractivity contribution in [2.24, 2.45) is 0 Å². The highest BCUT2D eigenvalue weighted by atomic mass is 16.5. The minimum Gasteiger partial charge on any atom is -0.493 e. The van der Waals surface area contributed by atoms with E-state index in [0.717, 1.165) is 0 Å². The molecule has 1 aromatic heterocycles. The van der Waals surface area contributed by atoms with Crippen molar-refractivity contribution in [3.63, 3.8) is 0 Å². The second kappa shape index (κ2) is 9.08. The molecule has 1 atom stereocenters. The number of benzene rings is 2. The predicted molar refractivity (Wildman–Crippen MR) is 109 cm³/mol. The van der Waals surface area contributed by atoms with Crippen molar-refractivity contribution in [1.82, 2.24) is 14.9 Å². The van der Waals surface area contributed by atoms with E-state index in [4.69, 9.17) is 9.47 Å². The lowest BCUT2D eigenvalue weighted by atomic mass is 10.0. The molecule has 2 N–H and O–H groups in total. The summed E-state index contributed by atoms with van der Waals surface area (Å²) in [4.78, 5) is 40.7. The number of hydrogen-bond acceptors (Lipinski definition) is 6. The normalized spacial score (nSPS) is 11.7. The Balaban J connectivity index is 1.83. The van der Waals surface area contributed by atoms with Gasteiger partial charge in [0.2, 0.25) is 5.91 Å². The van der Waals surface area contributed by atoms with Gasteiger partial charge in [0.1, 0.15) is 6.54 Å². The summed E-state index contributed by atoms with van der Waals surface area (Å²) in [5.74, 6) is -0.708. The molecule has 1 amide bonds. The predicted octanol–water partition coefficient (Wildman–Crippen LogP) is 1.75. The van der Waals surface area contributed by atoms with E-state index in [1.165, 1.54) is 25.1 Å². The highest BCUT2D eigenvalue weighted by Gasteiger charge is 2.20. The Hall–Kier alpha value is -3.88. The van der Waals surface area contributed by atoms with E-state index in [1.54, 1.807) is 42.5 Å². The number of aromatic nitrogens is 2. The number of nitrogens with one attached hydrogen (secondary N) is 1. The van der Waals surface area contributed by atoms with Crippen LogP contribution in [0.4, 0.5) is 0 Å². The first-order chi connectivity index (χ1) is 14.4. The van der Waals surface area contributed by atoms with E-state index >= 15 is 0 Å². The number of para-hydroxylation sites is 1. The fraction of sp³-hybridized carbons (Fsp3) is 0.238. The number of nitrogens with zero attached hydrogens (tertiary/aromatic N) is 2. The standard InChI is InChI=1S/C21H21N3O6/c1-29-17-8-7-13(9-18(17)30-2)16(10-20(26)27)23-19(25)11-24-12-22-15-6-4-3-5-14(15)21(24)28/h3-9,12,16H,10-11H2,1-2H3,(H,23,25)(H,26,27)/t16-/m1/s1. The Bertz CT molecular complexity index is 1140. The van der Waals surface area contributed by atoms with Crippen molar-refractivity contribution in [3.8, 4) is 11.5 Å². The molecule has 0 saturated carbocycles. The third-order valence-corrected chi connectivity index (χ3v) is 4.57. The lowest BCUT2D eigenvalue weighted by Gasteiger charge is -2.19. The lowest BCUT2D eigenvalue weighted by Crippen LogP contribution is -2.35. The molecular weight excluding hydrogens is 390 g/mol. The molecular formula is C21H21N3O6. The van der Waals surface area contributed by atoms with Gasteiger partial charge in [-0.05, 0) is 29.8 Å². The summed E-state index contributed by atoms with van der Waals surface area (Å²) in [6.45, 7) is -0.292. The lowest BCUT2D eigenvalue weighted by molar-refractivity contribution is -0.137. The summed E-state index contributed by atoms with van der Waals surface area (Å²) >= 11 is 0. The third-order valence-electron chi connectivity index (χ3n) is 4.57. The fourth-order valence-corrected chi connectivity index (χ4v) is 3.11. The maximum atomic E-state index is 12.6. The van der Waals surface area contributed by atoms with Gasteiger partial charge in [-0.1, -0.05) is 18.2 Å². The topological polar surface area (TPSA) is 120 Å². The third kappa shape index (κ3) is 4.57. The summed E-state index contributed by atoms with van der Waals surface area (Å²) in [6.07, 6.45) is 0.957. The number of carbonyl (C=O) groups excluding carboxylic acids is 1. The zero-order valence-electron chi connectivity index (χ0n) is 16.5. The highest BCUT2D eigenvalue weighted by Crippen LogP contribution is 2.31. The summed E-state index contributed by atoms with van der Waals surface area (Å²) < 4.78 is 11.6. The van der Waals surface area contributed by atoms with Crippen LogP contribution in [0.25, 0.3) is 10.9 Å². The maximum Gasteiger partial charge on any atom is 0.305 e. The van der Waals surface area contributed by atoms with E-state index in [-0.39, 0.29) is 18.5 Å². The van der Waals surface area contributed by atoms with Crippen molar-refractivity contribution in [1.29, 1.82) is 0 Å². The van der Waals surface area contributed by atoms with Crippen molar-refractivity contribution in [3.05, 3.63) is 64.7 Å². The molecule has 0 radical (unpaired) electrons. The Morgan fingerprint density at radius 3 is 2.57 bits per heavy atom. The maximum absolute atomic E-state index is 12.6. The molecule has 0 aliphatic rings. The zero-order chi connectivity index (χ0) is 21.7. The molecule has 156 valence electrons. The Morgan fingerprint density at radius 2 is 1.87 bits per heavy atom. The SMILES string of the molecule is COc1ccc([C@@H](CC(=O)O)NC(=O)Cn2cnc3ccccc3c2=O)cc1OC. The van der Waals surface area contributed by atoms with Gasteiger partial charge in [0, 0.05) is 0 Å². The smallest absolute Gasteiger partial charge is 0.305 e. The van der Waals surface area contributed by atoms with E-state index < -0.39 is 17.9 Å². The number of amides is 1. The number of carboxylic acids is 1. The average Bonchev–Trinajstić information content (AvgIpc) is 2.74. The molecule has 9 nitrogen and oxygen atoms in total. The van der Waals surface area contributed by atoms with E-state index in [1.807, 2.05) is 0 Å². The molecule has 1 heterocycles. The molecule has 0 aliphatic heterocycles. The van der Waals surface area contributed by atoms with Gasteiger partial charge in [-0.15, -0.1) is 0 Å². The van der Waals surface area contributed by atoms with Crippen LogP contribution in [-0.2, 0) is 16.1 Å². The summed E-state index contributed by atoms with van der Waals surface area (Å²) in [5.41, 5.74) is 0.720. The Labute approximate surface area is 171 Å². The molecule has 0 fully saturated rings. The molecule has 3 aromatic rings. The number of fused-ring (bicyclic) bond motifs is 1.